The van der Waals surface area contributed by atoms with Crippen molar-refractivity contribution in [2.24, 2.45) is 0 Å². The highest BCUT2D eigenvalue weighted by molar-refractivity contribution is 5.91. The molecule has 1 saturated carbocycles. The summed E-state index contributed by atoms with van der Waals surface area (Å²) in [5, 5.41) is 5.19. The number of nitrogens with zero attached hydrogens (tertiary/aromatic N) is 7. The van der Waals surface area contributed by atoms with Crippen LogP contribution in [0.5, 0.6) is 0 Å². The van der Waals surface area contributed by atoms with Gasteiger partial charge in [-0.2, -0.15) is 5.10 Å². The fourth-order valence-electron chi connectivity index (χ4n) is 5.06. The van der Waals surface area contributed by atoms with Crippen LogP contribution < -0.4 is 5.73 Å². The number of hydrogen-bond donors (Lipinski definition) is 1. The highest BCUT2D eigenvalue weighted by Gasteiger charge is 2.37. The minimum atomic E-state index is -0.424. The fourth-order valence-corrected chi connectivity index (χ4v) is 5.06. The number of carbonyl (C=O) groups excluding carboxylic acids is 1. The predicted octanol–water partition coefficient (Wildman–Crippen LogP) is 2.61. The van der Waals surface area contributed by atoms with Gasteiger partial charge in [-0.05, 0) is 37.3 Å². The van der Waals surface area contributed by atoms with Crippen LogP contribution >= 0.6 is 0 Å². The molecule has 1 saturated heterocycles. The summed E-state index contributed by atoms with van der Waals surface area (Å²) >= 11 is 0. The number of halogens is 1. The number of aromatic nitrogens is 6. The van der Waals surface area contributed by atoms with Gasteiger partial charge in [-0.15, -0.1) is 0 Å². The van der Waals surface area contributed by atoms with E-state index in [4.69, 9.17) is 15.6 Å². The quantitative estimate of drug-likeness (QED) is 0.331. The van der Waals surface area contributed by atoms with Crippen molar-refractivity contribution in [3.63, 3.8) is 0 Å². The number of likely N-dealkylation sites (tertiary alicyclic amines) is 1. The molecule has 0 bridgehead atoms. The standard InChI is InChI=1S/C26H25FN8O2/c1-3-23(36)33-11-17(9-18(33)12-37-2)35-26-24(25(28)29-13-30-26)20(32-35)7-4-15-8-21-22(10-19(15)27)34(14-31-21)16-5-6-16/h3,8,10,13-14,16-18H,1,5-6,9,11-12H2,2H3,(H2,28,29,30)/t17-,18+/m0/s1. The summed E-state index contributed by atoms with van der Waals surface area (Å²) in [5.74, 6) is 5.51. The number of nitrogen functional groups attached to an aromatic ring is 1. The van der Waals surface area contributed by atoms with Crippen LogP contribution in [0.1, 0.15) is 42.6 Å². The zero-order valence-electron chi connectivity index (χ0n) is 20.3. The predicted molar refractivity (Wildman–Crippen MR) is 135 cm³/mol. The van der Waals surface area contributed by atoms with Gasteiger partial charge in [0.1, 0.15) is 23.7 Å². The molecule has 4 aromatic rings. The van der Waals surface area contributed by atoms with Crippen molar-refractivity contribution in [1.29, 1.82) is 0 Å². The summed E-state index contributed by atoms with van der Waals surface area (Å²) in [4.78, 5) is 27.1. The van der Waals surface area contributed by atoms with Crippen LogP contribution in [0.2, 0.25) is 0 Å². The van der Waals surface area contributed by atoms with Gasteiger partial charge in [-0.25, -0.2) is 24.0 Å². The lowest BCUT2D eigenvalue weighted by Gasteiger charge is -2.22. The summed E-state index contributed by atoms with van der Waals surface area (Å²) in [7, 11) is 1.60. The Labute approximate surface area is 211 Å². The fraction of sp³-hybridized carbons (Fsp3) is 0.346. The molecule has 0 spiro atoms. The van der Waals surface area contributed by atoms with Gasteiger partial charge in [-0.3, -0.25) is 4.79 Å². The third kappa shape index (κ3) is 3.99. The number of nitrogens with two attached hydrogens (primary N) is 1. The van der Waals surface area contributed by atoms with Crippen molar-refractivity contribution in [2.45, 2.75) is 37.4 Å². The molecule has 188 valence electrons. The van der Waals surface area contributed by atoms with E-state index in [0.717, 1.165) is 18.4 Å². The number of imidazole rings is 1. The van der Waals surface area contributed by atoms with Gasteiger partial charge < -0.3 is 19.9 Å². The van der Waals surface area contributed by atoms with Gasteiger partial charge in [0.25, 0.3) is 0 Å². The Kier molecular flexibility index (Phi) is 5.61. The second-order valence-electron chi connectivity index (χ2n) is 9.40. The third-order valence-corrected chi connectivity index (χ3v) is 6.99. The van der Waals surface area contributed by atoms with Crippen LogP contribution in [0.15, 0.2) is 37.4 Å². The zero-order valence-corrected chi connectivity index (χ0v) is 20.3. The van der Waals surface area contributed by atoms with Crippen molar-refractivity contribution in [3.05, 3.63) is 54.5 Å². The third-order valence-electron chi connectivity index (χ3n) is 6.99. The molecular formula is C26H25FN8O2. The maximum atomic E-state index is 15.0. The average Bonchev–Trinajstić information content (AvgIpc) is 3.35. The van der Waals surface area contributed by atoms with Crippen LogP contribution in [-0.2, 0) is 9.53 Å². The first-order valence-electron chi connectivity index (χ1n) is 12.1. The molecule has 10 nitrogen and oxygen atoms in total. The van der Waals surface area contributed by atoms with E-state index in [0.29, 0.717) is 47.9 Å². The van der Waals surface area contributed by atoms with Crippen LogP contribution in [0.4, 0.5) is 10.2 Å². The highest BCUT2D eigenvalue weighted by atomic mass is 19.1. The number of fused-ring (bicyclic) bond motifs is 2. The van der Waals surface area contributed by atoms with E-state index in [2.05, 4.69) is 33.4 Å². The molecule has 37 heavy (non-hydrogen) atoms. The van der Waals surface area contributed by atoms with E-state index in [1.807, 2.05) is 4.57 Å². The normalized spacial score (nSPS) is 19.4. The topological polar surface area (TPSA) is 117 Å². The van der Waals surface area contributed by atoms with Gasteiger partial charge in [0, 0.05) is 25.8 Å². The number of hydrogen-bond acceptors (Lipinski definition) is 7. The Morgan fingerprint density at radius 1 is 1.27 bits per heavy atom. The van der Waals surface area contributed by atoms with Crippen LogP contribution in [-0.4, -0.2) is 66.4 Å². The first-order chi connectivity index (χ1) is 18.0. The van der Waals surface area contributed by atoms with E-state index in [-0.39, 0.29) is 29.4 Å². The summed E-state index contributed by atoms with van der Waals surface area (Å²) in [5.41, 5.74) is 8.72. The first-order valence-corrected chi connectivity index (χ1v) is 12.1. The molecule has 3 aromatic heterocycles. The van der Waals surface area contributed by atoms with Crippen molar-refractivity contribution in [3.8, 4) is 11.8 Å². The van der Waals surface area contributed by atoms with Gasteiger partial charge in [0.2, 0.25) is 5.91 Å². The number of amides is 1. The monoisotopic (exact) mass is 500 g/mol. The molecule has 1 aromatic carbocycles. The molecule has 2 fully saturated rings. The van der Waals surface area contributed by atoms with Crippen molar-refractivity contribution < 1.29 is 13.9 Å². The van der Waals surface area contributed by atoms with Gasteiger partial charge in [0.15, 0.2) is 5.65 Å². The molecule has 6 rings (SSSR count). The number of anilines is 1. The Balaban J connectivity index is 1.39. The lowest BCUT2D eigenvalue weighted by Crippen LogP contribution is -2.37. The zero-order chi connectivity index (χ0) is 25.7. The Bertz CT molecular complexity index is 1610. The van der Waals surface area contributed by atoms with Crippen molar-refractivity contribution >= 4 is 33.8 Å². The maximum absolute atomic E-state index is 15.0. The number of benzene rings is 1. The second kappa shape index (κ2) is 8.97. The van der Waals surface area contributed by atoms with Gasteiger partial charge in [0.05, 0.1) is 47.0 Å². The number of rotatable bonds is 5. The Morgan fingerprint density at radius 3 is 2.86 bits per heavy atom. The molecule has 1 aliphatic carbocycles. The van der Waals surface area contributed by atoms with E-state index in [9.17, 15) is 9.18 Å². The van der Waals surface area contributed by atoms with E-state index in [1.54, 1.807) is 29.1 Å². The lowest BCUT2D eigenvalue weighted by molar-refractivity contribution is -0.127. The highest BCUT2D eigenvalue weighted by Crippen LogP contribution is 2.37. The van der Waals surface area contributed by atoms with Crippen molar-refractivity contribution in [2.75, 3.05) is 26.0 Å². The van der Waals surface area contributed by atoms with Gasteiger partial charge >= 0.3 is 0 Å². The molecule has 0 radical (unpaired) electrons. The smallest absolute Gasteiger partial charge is 0.246 e. The molecule has 1 amide bonds. The second-order valence-corrected chi connectivity index (χ2v) is 9.40. The summed E-state index contributed by atoms with van der Waals surface area (Å²) in [6.07, 6.45) is 7.19. The lowest BCUT2D eigenvalue weighted by atomic mass is 10.1. The number of methoxy groups -OCH3 is 1. The minimum absolute atomic E-state index is 0.135. The summed E-state index contributed by atoms with van der Waals surface area (Å²) in [6.45, 7) is 4.40. The van der Waals surface area contributed by atoms with Crippen LogP contribution in [0.25, 0.3) is 22.1 Å². The van der Waals surface area contributed by atoms with E-state index in [1.165, 1.54) is 18.5 Å². The molecule has 1 aliphatic heterocycles. The maximum Gasteiger partial charge on any atom is 0.246 e. The van der Waals surface area contributed by atoms with E-state index < -0.39 is 5.82 Å². The SMILES string of the molecule is C=CC(=O)N1C[C@@H](n2nc(C#Cc3cc4ncn(C5CC5)c4cc3F)c3c(N)ncnc32)C[C@@H]1COC. The Hall–Kier alpha value is -4.30. The van der Waals surface area contributed by atoms with Crippen LogP contribution in [0.3, 0.4) is 0 Å². The Morgan fingerprint density at radius 2 is 2.11 bits per heavy atom. The largest absolute Gasteiger partial charge is 0.383 e. The van der Waals surface area contributed by atoms with Gasteiger partial charge in [-0.1, -0.05) is 12.5 Å². The number of carbonyl (C=O) groups is 1. The first kappa shape index (κ1) is 23.1. The van der Waals surface area contributed by atoms with Crippen molar-refractivity contribution in [1.82, 2.24) is 34.2 Å². The summed E-state index contributed by atoms with van der Waals surface area (Å²) < 4.78 is 24.1. The van der Waals surface area contributed by atoms with Crippen LogP contribution in [0, 0.1) is 17.7 Å². The number of ether oxygens (including phenoxy) is 1. The molecular weight excluding hydrogens is 475 g/mol. The molecule has 11 heteroatoms. The molecule has 2 atom stereocenters. The molecule has 2 aliphatic rings. The molecule has 0 unspecified atom stereocenters. The van der Waals surface area contributed by atoms with E-state index >= 15 is 0 Å². The molecule has 4 heterocycles. The summed E-state index contributed by atoms with van der Waals surface area (Å²) in [6, 6.07) is 3.22. The average molecular weight is 501 g/mol. The minimum Gasteiger partial charge on any atom is -0.383 e. The molecule has 2 N–H and O–H groups in total.